The van der Waals surface area contributed by atoms with Crippen molar-refractivity contribution in [1.29, 1.82) is 0 Å². The van der Waals surface area contributed by atoms with E-state index in [1.807, 2.05) is 38.1 Å². The molecule has 0 saturated carbocycles. The average molecular weight is 273 g/mol. The highest BCUT2D eigenvalue weighted by atomic mass is 19.1. The molecule has 0 saturated heterocycles. The first kappa shape index (κ1) is 14.1. The highest BCUT2D eigenvalue weighted by Gasteiger charge is 2.11. The second-order valence-electron chi connectivity index (χ2n) is 4.78. The van der Waals surface area contributed by atoms with Gasteiger partial charge in [0.15, 0.2) is 0 Å². The van der Waals surface area contributed by atoms with Crippen molar-refractivity contribution in [3.05, 3.63) is 65.0 Å². The summed E-state index contributed by atoms with van der Waals surface area (Å²) in [4.78, 5) is 10.9. The van der Waals surface area contributed by atoms with Gasteiger partial charge in [0, 0.05) is 6.04 Å². The summed E-state index contributed by atoms with van der Waals surface area (Å²) in [5.74, 6) is -1.54. The molecule has 20 heavy (non-hydrogen) atoms. The van der Waals surface area contributed by atoms with E-state index in [1.165, 1.54) is 12.1 Å². The molecule has 2 rings (SSSR count). The topological polar surface area (TPSA) is 49.3 Å². The van der Waals surface area contributed by atoms with Crippen LogP contribution in [0.25, 0.3) is 0 Å². The van der Waals surface area contributed by atoms with Crippen molar-refractivity contribution in [2.75, 3.05) is 5.32 Å². The first-order valence-electron chi connectivity index (χ1n) is 6.33. The molecule has 0 spiro atoms. The van der Waals surface area contributed by atoms with Crippen molar-refractivity contribution in [2.45, 2.75) is 19.9 Å². The Balaban J connectivity index is 2.25. The van der Waals surface area contributed by atoms with Crippen molar-refractivity contribution in [2.24, 2.45) is 0 Å². The van der Waals surface area contributed by atoms with E-state index < -0.39 is 11.8 Å². The lowest BCUT2D eigenvalue weighted by Crippen LogP contribution is -2.09. The van der Waals surface area contributed by atoms with E-state index in [-0.39, 0.29) is 17.3 Å². The van der Waals surface area contributed by atoms with Crippen LogP contribution in [0.1, 0.15) is 34.5 Å². The highest BCUT2D eigenvalue weighted by Crippen LogP contribution is 2.23. The fourth-order valence-electron chi connectivity index (χ4n) is 2.02. The van der Waals surface area contributed by atoms with Crippen LogP contribution >= 0.6 is 0 Å². The van der Waals surface area contributed by atoms with Crippen LogP contribution in [0.5, 0.6) is 0 Å². The maximum absolute atomic E-state index is 13.7. The van der Waals surface area contributed by atoms with E-state index in [9.17, 15) is 9.18 Å². The quantitative estimate of drug-likeness (QED) is 0.885. The molecule has 0 heterocycles. The van der Waals surface area contributed by atoms with Crippen molar-refractivity contribution in [3.8, 4) is 0 Å². The number of anilines is 1. The second kappa shape index (κ2) is 5.74. The summed E-state index contributed by atoms with van der Waals surface area (Å²) in [6.07, 6.45) is 0. The number of benzene rings is 2. The van der Waals surface area contributed by atoms with Gasteiger partial charge in [-0.2, -0.15) is 0 Å². The summed E-state index contributed by atoms with van der Waals surface area (Å²) in [6, 6.07) is 11.5. The van der Waals surface area contributed by atoms with Crippen LogP contribution in [0.4, 0.5) is 10.1 Å². The molecule has 2 aromatic rings. The van der Waals surface area contributed by atoms with Crippen molar-refractivity contribution in [3.63, 3.8) is 0 Å². The molecule has 0 aliphatic carbocycles. The van der Waals surface area contributed by atoms with Gasteiger partial charge in [-0.15, -0.1) is 0 Å². The highest BCUT2D eigenvalue weighted by molar-refractivity contribution is 5.88. The maximum Gasteiger partial charge on any atom is 0.335 e. The molecule has 0 aliphatic heterocycles. The van der Waals surface area contributed by atoms with Gasteiger partial charge in [-0.1, -0.05) is 29.8 Å². The van der Waals surface area contributed by atoms with Crippen LogP contribution in [0.2, 0.25) is 0 Å². The van der Waals surface area contributed by atoms with Gasteiger partial charge in [-0.3, -0.25) is 0 Å². The number of carboxylic acid groups (broad SMARTS) is 1. The van der Waals surface area contributed by atoms with E-state index in [0.29, 0.717) is 0 Å². The van der Waals surface area contributed by atoms with E-state index >= 15 is 0 Å². The third kappa shape index (κ3) is 3.15. The van der Waals surface area contributed by atoms with E-state index in [1.54, 1.807) is 0 Å². The molecule has 104 valence electrons. The summed E-state index contributed by atoms with van der Waals surface area (Å²) in [5.41, 5.74) is 2.39. The maximum atomic E-state index is 13.7. The molecule has 0 aliphatic rings. The minimum Gasteiger partial charge on any atom is -0.478 e. The normalized spacial score (nSPS) is 11.9. The van der Waals surface area contributed by atoms with Crippen LogP contribution in [-0.2, 0) is 0 Å². The molecule has 0 amide bonds. The second-order valence-corrected chi connectivity index (χ2v) is 4.78. The van der Waals surface area contributed by atoms with Gasteiger partial charge in [0.05, 0.1) is 11.3 Å². The molecule has 2 N–H and O–H groups in total. The third-order valence-corrected chi connectivity index (χ3v) is 3.13. The zero-order valence-electron chi connectivity index (χ0n) is 11.4. The zero-order valence-corrected chi connectivity index (χ0v) is 11.4. The minimum absolute atomic E-state index is 0.0605. The van der Waals surface area contributed by atoms with Gasteiger partial charge < -0.3 is 10.4 Å². The lowest BCUT2D eigenvalue weighted by molar-refractivity contribution is 0.0697. The fraction of sp³-hybridized carbons (Fsp3) is 0.188. The largest absolute Gasteiger partial charge is 0.478 e. The van der Waals surface area contributed by atoms with Crippen LogP contribution in [-0.4, -0.2) is 11.1 Å². The Hall–Kier alpha value is -2.36. The molecule has 0 aromatic heterocycles. The Bertz CT molecular complexity index is 640. The predicted molar refractivity (Wildman–Crippen MR) is 76.6 cm³/mol. The summed E-state index contributed by atoms with van der Waals surface area (Å²) >= 11 is 0. The molecule has 1 atom stereocenters. The number of halogens is 1. The number of aromatic carboxylic acids is 1. The third-order valence-electron chi connectivity index (χ3n) is 3.13. The molecular formula is C16H16FNO2. The average Bonchev–Trinajstić information content (AvgIpc) is 2.41. The Morgan fingerprint density at radius 1 is 1.25 bits per heavy atom. The van der Waals surface area contributed by atoms with Gasteiger partial charge in [0.1, 0.15) is 5.82 Å². The van der Waals surface area contributed by atoms with Gasteiger partial charge in [-0.05, 0) is 37.6 Å². The van der Waals surface area contributed by atoms with Gasteiger partial charge >= 0.3 is 5.97 Å². The molecule has 0 fully saturated rings. The first-order valence-corrected chi connectivity index (χ1v) is 6.33. The Morgan fingerprint density at radius 2 is 2.00 bits per heavy atom. The Kier molecular flexibility index (Phi) is 4.03. The molecule has 2 aromatic carbocycles. The summed E-state index contributed by atoms with van der Waals surface area (Å²) < 4.78 is 13.7. The Labute approximate surface area is 117 Å². The summed E-state index contributed by atoms with van der Waals surface area (Å²) in [7, 11) is 0. The SMILES string of the molecule is Cc1cccc(C(C)Nc2cc(C(=O)O)ccc2F)c1. The van der Waals surface area contributed by atoms with E-state index in [0.717, 1.165) is 17.2 Å². The number of carbonyl (C=O) groups is 1. The minimum atomic E-state index is -1.07. The molecule has 3 nitrogen and oxygen atoms in total. The van der Waals surface area contributed by atoms with E-state index in [4.69, 9.17) is 5.11 Å². The molecule has 0 radical (unpaired) electrons. The first-order chi connectivity index (χ1) is 9.47. The number of aryl methyl sites for hydroxylation is 1. The van der Waals surface area contributed by atoms with Crippen LogP contribution in [0.3, 0.4) is 0 Å². The summed E-state index contributed by atoms with van der Waals surface area (Å²) in [5, 5.41) is 11.9. The number of hydrogen-bond acceptors (Lipinski definition) is 2. The number of hydrogen-bond donors (Lipinski definition) is 2. The summed E-state index contributed by atoms with van der Waals surface area (Å²) in [6.45, 7) is 3.89. The van der Waals surface area contributed by atoms with Crippen molar-refractivity contribution < 1.29 is 14.3 Å². The zero-order chi connectivity index (χ0) is 14.7. The number of carboxylic acids is 1. The van der Waals surface area contributed by atoms with Gasteiger partial charge in [0.2, 0.25) is 0 Å². The lowest BCUT2D eigenvalue weighted by atomic mass is 10.1. The van der Waals surface area contributed by atoms with Crippen LogP contribution in [0, 0.1) is 12.7 Å². The number of nitrogens with one attached hydrogen (secondary N) is 1. The predicted octanol–water partition coefficient (Wildman–Crippen LogP) is 4.01. The molecule has 4 heteroatoms. The lowest BCUT2D eigenvalue weighted by Gasteiger charge is -2.17. The Morgan fingerprint density at radius 3 is 2.65 bits per heavy atom. The van der Waals surface area contributed by atoms with Crippen molar-refractivity contribution >= 4 is 11.7 Å². The van der Waals surface area contributed by atoms with Crippen molar-refractivity contribution in [1.82, 2.24) is 0 Å². The standard InChI is InChI=1S/C16H16FNO2/c1-10-4-3-5-12(8-10)11(2)18-15-9-13(16(19)20)6-7-14(15)17/h3-9,11,18H,1-2H3,(H,19,20). The van der Waals surface area contributed by atoms with E-state index in [2.05, 4.69) is 5.32 Å². The van der Waals surface area contributed by atoms with Crippen LogP contribution in [0.15, 0.2) is 42.5 Å². The molecule has 1 unspecified atom stereocenters. The van der Waals surface area contributed by atoms with Crippen LogP contribution < -0.4 is 5.32 Å². The number of rotatable bonds is 4. The fourth-order valence-corrected chi connectivity index (χ4v) is 2.02. The monoisotopic (exact) mass is 273 g/mol. The molecular weight excluding hydrogens is 257 g/mol. The molecule has 0 bridgehead atoms. The smallest absolute Gasteiger partial charge is 0.335 e. The van der Waals surface area contributed by atoms with Gasteiger partial charge in [-0.25, -0.2) is 9.18 Å². The van der Waals surface area contributed by atoms with Gasteiger partial charge in [0.25, 0.3) is 0 Å².